The van der Waals surface area contributed by atoms with E-state index in [4.69, 9.17) is 23.2 Å². The Labute approximate surface area is 144 Å². The number of hydrogen-bond donors (Lipinski definition) is 1. The van der Waals surface area contributed by atoms with Gasteiger partial charge in [-0.2, -0.15) is 4.98 Å². The van der Waals surface area contributed by atoms with Crippen LogP contribution >= 0.6 is 23.2 Å². The number of halogens is 2. The molecule has 0 saturated heterocycles. The van der Waals surface area contributed by atoms with E-state index in [1.165, 1.54) is 0 Å². The lowest BCUT2D eigenvalue weighted by molar-refractivity contribution is 1.08. The van der Waals surface area contributed by atoms with Crippen molar-refractivity contribution < 1.29 is 0 Å². The number of hydrogen-bond acceptors (Lipinski definition) is 4. The van der Waals surface area contributed by atoms with Crippen LogP contribution in [0.2, 0.25) is 10.0 Å². The van der Waals surface area contributed by atoms with E-state index in [1.54, 1.807) is 24.4 Å². The second kappa shape index (κ2) is 6.86. The molecule has 0 spiro atoms. The molecule has 0 radical (unpaired) electrons. The Morgan fingerprint density at radius 1 is 0.913 bits per heavy atom. The van der Waals surface area contributed by atoms with Crippen molar-refractivity contribution in [3.8, 4) is 0 Å². The minimum Gasteiger partial charge on any atom is -0.329 e. The molecular weight excluding hydrogens is 331 g/mol. The van der Waals surface area contributed by atoms with Crippen LogP contribution in [-0.2, 0) is 0 Å². The predicted molar refractivity (Wildman–Crippen MR) is 96.3 cm³/mol. The van der Waals surface area contributed by atoms with Gasteiger partial charge in [0.1, 0.15) is 5.82 Å². The predicted octanol–water partition coefficient (Wildman–Crippen LogP) is 5.29. The average Bonchev–Trinajstić information content (AvgIpc) is 2.59. The molecule has 3 rings (SSSR count). The first-order valence-corrected chi connectivity index (χ1v) is 7.73. The van der Waals surface area contributed by atoms with Crippen molar-refractivity contribution in [2.75, 3.05) is 17.3 Å². The highest BCUT2D eigenvalue weighted by molar-refractivity contribution is 6.39. The zero-order valence-corrected chi connectivity index (χ0v) is 13.9. The van der Waals surface area contributed by atoms with Crippen LogP contribution in [0.1, 0.15) is 0 Å². The maximum absolute atomic E-state index is 6.16. The third-order valence-corrected chi connectivity index (χ3v) is 3.96. The summed E-state index contributed by atoms with van der Waals surface area (Å²) in [7, 11) is 1.95. The lowest BCUT2D eigenvalue weighted by Gasteiger charge is -2.18. The fourth-order valence-corrected chi connectivity index (χ4v) is 2.60. The van der Waals surface area contributed by atoms with E-state index in [0.717, 1.165) is 11.5 Å². The molecule has 0 unspecified atom stereocenters. The van der Waals surface area contributed by atoms with Crippen molar-refractivity contribution in [1.29, 1.82) is 0 Å². The largest absolute Gasteiger partial charge is 0.329 e. The fourth-order valence-electron chi connectivity index (χ4n) is 2.11. The molecule has 0 saturated carbocycles. The van der Waals surface area contributed by atoms with Crippen molar-refractivity contribution in [1.82, 2.24) is 9.97 Å². The summed E-state index contributed by atoms with van der Waals surface area (Å²) < 4.78 is 0. The van der Waals surface area contributed by atoms with Gasteiger partial charge in [-0.25, -0.2) is 4.98 Å². The normalized spacial score (nSPS) is 10.4. The van der Waals surface area contributed by atoms with Crippen LogP contribution < -0.4 is 10.2 Å². The minimum absolute atomic E-state index is 0.431. The zero-order chi connectivity index (χ0) is 16.2. The molecule has 0 aliphatic rings. The number of benzene rings is 2. The lowest BCUT2D eigenvalue weighted by Crippen LogP contribution is -2.12. The zero-order valence-electron chi connectivity index (χ0n) is 12.4. The Kier molecular flexibility index (Phi) is 4.65. The summed E-state index contributed by atoms with van der Waals surface area (Å²) in [5.74, 6) is 1.19. The van der Waals surface area contributed by atoms with Crippen molar-refractivity contribution in [2.45, 2.75) is 0 Å². The van der Waals surface area contributed by atoms with Crippen LogP contribution in [0.3, 0.4) is 0 Å². The summed E-state index contributed by atoms with van der Waals surface area (Å²) in [6.45, 7) is 0. The van der Waals surface area contributed by atoms with Crippen LogP contribution in [0.25, 0.3) is 0 Å². The quantitative estimate of drug-likeness (QED) is 0.697. The first-order valence-electron chi connectivity index (χ1n) is 6.98. The molecule has 0 bridgehead atoms. The van der Waals surface area contributed by atoms with Gasteiger partial charge in [0.2, 0.25) is 5.95 Å². The topological polar surface area (TPSA) is 41.1 Å². The van der Waals surface area contributed by atoms with Crippen LogP contribution in [0, 0.1) is 0 Å². The van der Waals surface area contributed by atoms with E-state index in [-0.39, 0.29) is 0 Å². The number of rotatable bonds is 4. The summed E-state index contributed by atoms with van der Waals surface area (Å²) >= 11 is 12.3. The number of aromatic nitrogens is 2. The highest BCUT2D eigenvalue weighted by Crippen LogP contribution is 2.32. The standard InChI is InChI=1S/C17H14Cl2N4/c1-23(12-6-3-2-4-7-12)15-10-11-20-17(21-15)22-16-13(18)8-5-9-14(16)19/h2-11H,1H3,(H,20,21,22). The molecule has 0 atom stereocenters. The van der Waals surface area contributed by atoms with E-state index in [0.29, 0.717) is 21.7 Å². The first kappa shape index (κ1) is 15.6. The van der Waals surface area contributed by atoms with Gasteiger partial charge in [-0.1, -0.05) is 47.5 Å². The molecule has 0 aliphatic carbocycles. The van der Waals surface area contributed by atoms with Gasteiger partial charge >= 0.3 is 0 Å². The summed E-state index contributed by atoms with van der Waals surface area (Å²) in [5.41, 5.74) is 1.63. The molecule has 6 heteroatoms. The number of nitrogens with one attached hydrogen (secondary N) is 1. The van der Waals surface area contributed by atoms with Crippen LogP contribution in [0.15, 0.2) is 60.8 Å². The highest BCUT2D eigenvalue weighted by Gasteiger charge is 2.10. The maximum atomic E-state index is 6.16. The van der Waals surface area contributed by atoms with Gasteiger partial charge in [-0.05, 0) is 30.3 Å². The van der Waals surface area contributed by atoms with Crippen LogP contribution in [0.4, 0.5) is 23.1 Å². The number of nitrogens with zero attached hydrogens (tertiary/aromatic N) is 3. The Hall–Kier alpha value is -2.30. The van der Waals surface area contributed by atoms with Gasteiger partial charge in [0.15, 0.2) is 0 Å². The van der Waals surface area contributed by atoms with Crippen molar-refractivity contribution >= 4 is 46.3 Å². The third kappa shape index (κ3) is 3.55. The molecule has 23 heavy (non-hydrogen) atoms. The second-order valence-electron chi connectivity index (χ2n) is 4.85. The molecule has 0 aliphatic heterocycles. The van der Waals surface area contributed by atoms with Gasteiger partial charge in [-0.3, -0.25) is 0 Å². The third-order valence-electron chi connectivity index (χ3n) is 3.33. The molecule has 1 heterocycles. The Balaban J connectivity index is 1.89. The van der Waals surface area contributed by atoms with Crippen molar-refractivity contribution in [3.63, 3.8) is 0 Å². The Bertz CT molecular complexity index is 788. The molecule has 0 amide bonds. The SMILES string of the molecule is CN(c1ccccc1)c1ccnc(Nc2c(Cl)cccc2Cl)n1. The number of anilines is 4. The summed E-state index contributed by atoms with van der Waals surface area (Å²) in [4.78, 5) is 10.7. The molecule has 0 fully saturated rings. The van der Waals surface area contributed by atoms with Crippen molar-refractivity contribution in [2.24, 2.45) is 0 Å². The lowest BCUT2D eigenvalue weighted by atomic mass is 10.3. The van der Waals surface area contributed by atoms with Crippen LogP contribution in [0.5, 0.6) is 0 Å². The van der Waals surface area contributed by atoms with Gasteiger partial charge in [0, 0.05) is 18.9 Å². The second-order valence-corrected chi connectivity index (χ2v) is 5.67. The van der Waals surface area contributed by atoms with E-state index in [1.807, 2.05) is 48.3 Å². The van der Waals surface area contributed by atoms with E-state index in [9.17, 15) is 0 Å². The molecule has 4 nitrogen and oxygen atoms in total. The van der Waals surface area contributed by atoms with Crippen LogP contribution in [-0.4, -0.2) is 17.0 Å². The summed E-state index contributed by atoms with van der Waals surface area (Å²) in [6, 6.07) is 17.1. The van der Waals surface area contributed by atoms with Crippen molar-refractivity contribution in [3.05, 3.63) is 70.8 Å². The summed E-state index contributed by atoms with van der Waals surface area (Å²) in [5, 5.41) is 4.11. The highest BCUT2D eigenvalue weighted by atomic mass is 35.5. The van der Waals surface area contributed by atoms with E-state index in [2.05, 4.69) is 15.3 Å². The van der Waals surface area contributed by atoms with E-state index >= 15 is 0 Å². The summed E-state index contributed by atoms with van der Waals surface area (Å²) in [6.07, 6.45) is 1.69. The first-order chi connectivity index (χ1) is 11.1. The molecular formula is C17H14Cl2N4. The Morgan fingerprint density at radius 3 is 2.30 bits per heavy atom. The van der Waals surface area contributed by atoms with Gasteiger partial charge in [0.25, 0.3) is 0 Å². The smallest absolute Gasteiger partial charge is 0.229 e. The molecule has 1 aromatic heterocycles. The van der Waals surface area contributed by atoms with Gasteiger partial charge in [-0.15, -0.1) is 0 Å². The van der Waals surface area contributed by atoms with Gasteiger partial charge in [0.05, 0.1) is 15.7 Å². The Morgan fingerprint density at radius 2 is 1.61 bits per heavy atom. The monoisotopic (exact) mass is 344 g/mol. The molecule has 3 aromatic rings. The minimum atomic E-state index is 0.431. The fraction of sp³-hybridized carbons (Fsp3) is 0.0588. The average molecular weight is 345 g/mol. The molecule has 1 N–H and O–H groups in total. The number of para-hydroxylation sites is 2. The molecule has 2 aromatic carbocycles. The maximum Gasteiger partial charge on any atom is 0.229 e. The van der Waals surface area contributed by atoms with Gasteiger partial charge < -0.3 is 10.2 Å². The molecule has 116 valence electrons. The van der Waals surface area contributed by atoms with E-state index < -0.39 is 0 Å².